The second-order valence-corrected chi connectivity index (χ2v) is 18.3. The molecule has 0 radical (unpaired) electrons. The number of alkyl halides is 6. The Morgan fingerprint density at radius 3 is 1.82 bits per heavy atom. The zero-order chi connectivity index (χ0) is 51.5. The van der Waals surface area contributed by atoms with E-state index < -0.39 is 35.6 Å². The number of aromatic amines is 1. The quantitative estimate of drug-likeness (QED) is 0.0774. The summed E-state index contributed by atoms with van der Waals surface area (Å²) in [5.74, 6) is 0.225. The van der Waals surface area contributed by atoms with Crippen LogP contribution in [0, 0.1) is 0 Å². The van der Waals surface area contributed by atoms with Crippen LogP contribution in [0.1, 0.15) is 43.9 Å². The summed E-state index contributed by atoms with van der Waals surface area (Å²) in [5.41, 5.74) is 12.7. The molecule has 9 rings (SSSR count). The number of hydrogen-bond donors (Lipinski definition) is 2. The summed E-state index contributed by atoms with van der Waals surface area (Å²) in [6.07, 6.45) is 7.07. The second-order valence-electron chi connectivity index (χ2n) is 15.6. The number of carbonyl (C=O) groups is 1. The Balaban J connectivity index is 0.000000169. The Morgan fingerprint density at radius 1 is 0.639 bits per heavy atom. The number of halogens is 8. The van der Waals surface area contributed by atoms with E-state index in [2.05, 4.69) is 44.4 Å². The van der Waals surface area contributed by atoms with E-state index in [1.165, 1.54) is 34.6 Å². The summed E-state index contributed by atoms with van der Waals surface area (Å²) in [6, 6.07) is 25.1. The normalized spacial score (nSPS) is 11.6. The number of pyridine rings is 6. The number of hydrogen-bond acceptors (Lipinski definition) is 12. The number of ether oxygens (including phenoxy) is 2. The summed E-state index contributed by atoms with van der Waals surface area (Å²) in [4.78, 5) is 38.1. The molecule has 8 aromatic heterocycles. The number of nitrogens with two attached hydrogens (primary N) is 1. The predicted octanol–water partition coefficient (Wildman–Crippen LogP) is 10.7. The smallest absolute Gasteiger partial charge is 0.422 e. The number of rotatable bonds is 14. The Kier molecular flexibility index (Phi) is 16.7. The van der Waals surface area contributed by atoms with Gasteiger partial charge in [0.05, 0.1) is 14.9 Å². The zero-order valence-corrected chi connectivity index (χ0v) is 39.6. The number of aryl methyl sites for hydroxylation is 2. The molecule has 3 N–H and O–H groups in total. The third-order valence-electron chi connectivity index (χ3n) is 10.2. The van der Waals surface area contributed by atoms with Crippen molar-refractivity contribution in [3.05, 3.63) is 190 Å². The van der Waals surface area contributed by atoms with Gasteiger partial charge in [0.25, 0.3) is 10.0 Å². The maximum Gasteiger partial charge on any atom is 0.422 e. The molecular formula is C49H39Cl2F6N9O5S. The van der Waals surface area contributed by atoms with Gasteiger partial charge in [-0.15, -0.1) is 0 Å². The van der Waals surface area contributed by atoms with Crippen LogP contribution in [0.4, 0.5) is 32.2 Å². The fourth-order valence-corrected chi connectivity index (χ4v) is 8.47. The Hall–Kier alpha value is -7.62. The van der Waals surface area contributed by atoms with Crippen LogP contribution in [0.5, 0.6) is 11.8 Å². The van der Waals surface area contributed by atoms with E-state index in [1.807, 2.05) is 36.7 Å². The van der Waals surface area contributed by atoms with E-state index in [0.717, 1.165) is 50.7 Å². The number of nitrogen functional groups attached to an aromatic ring is 1. The fourth-order valence-electron chi connectivity index (χ4n) is 6.79. The molecule has 0 spiro atoms. The molecule has 72 heavy (non-hydrogen) atoms. The maximum atomic E-state index is 13.1. The van der Waals surface area contributed by atoms with Gasteiger partial charge in [-0.25, -0.2) is 37.3 Å². The van der Waals surface area contributed by atoms with Crippen molar-refractivity contribution in [2.45, 2.75) is 42.9 Å². The van der Waals surface area contributed by atoms with Crippen molar-refractivity contribution in [1.82, 2.24) is 38.9 Å². The van der Waals surface area contributed by atoms with Crippen LogP contribution in [0.25, 0.3) is 22.1 Å². The highest BCUT2D eigenvalue weighted by molar-refractivity contribution is 7.90. The molecule has 0 bridgehead atoms. The van der Waals surface area contributed by atoms with Crippen LogP contribution >= 0.6 is 23.2 Å². The van der Waals surface area contributed by atoms with E-state index in [9.17, 15) is 39.6 Å². The van der Waals surface area contributed by atoms with Crippen molar-refractivity contribution in [3.63, 3.8) is 0 Å². The maximum absolute atomic E-state index is 13.1. The van der Waals surface area contributed by atoms with E-state index in [-0.39, 0.29) is 22.2 Å². The Bertz CT molecular complexity index is 3350. The van der Waals surface area contributed by atoms with Crippen molar-refractivity contribution in [1.29, 1.82) is 0 Å². The number of carbonyl (C=O) groups excluding carboxylic acids is 1. The second kappa shape index (κ2) is 23.1. The number of benzene rings is 1. The molecule has 14 nitrogen and oxygen atoms in total. The highest BCUT2D eigenvalue weighted by Gasteiger charge is 2.29. The number of fused-ring (bicyclic) bond motifs is 2. The average molecular weight is 1050 g/mol. The molecule has 8 heterocycles. The van der Waals surface area contributed by atoms with Gasteiger partial charge >= 0.3 is 12.4 Å². The summed E-state index contributed by atoms with van der Waals surface area (Å²) >= 11 is 12.2. The molecule has 0 aliphatic heterocycles. The van der Waals surface area contributed by atoms with Crippen molar-refractivity contribution in [2.75, 3.05) is 18.9 Å². The molecular weight excluding hydrogens is 1010 g/mol. The van der Waals surface area contributed by atoms with E-state index >= 15 is 0 Å². The molecule has 0 fully saturated rings. The van der Waals surface area contributed by atoms with Gasteiger partial charge in [-0.05, 0) is 83.1 Å². The molecule has 23 heteroatoms. The zero-order valence-electron chi connectivity index (χ0n) is 37.3. The largest absolute Gasteiger partial charge is 0.468 e. The van der Waals surface area contributed by atoms with E-state index in [1.54, 1.807) is 67.1 Å². The van der Waals surface area contributed by atoms with Gasteiger partial charge in [-0.1, -0.05) is 59.6 Å². The molecule has 0 saturated heterocycles. The van der Waals surface area contributed by atoms with Crippen LogP contribution in [0.15, 0.2) is 145 Å². The van der Waals surface area contributed by atoms with Crippen LogP contribution in [0.2, 0.25) is 10.0 Å². The summed E-state index contributed by atoms with van der Waals surface area (Å²) in [6.45, 7) is -2.74. The Morgan fingerprint density at radius 2 is 1.24 bits per heavy atom. The number of aromatic nitrogens is 8. The number of aldehydes is 1. The lowest BCUT2D eigenvalue weighted by Crippen LogP contribution is -2.19. The summed E-state index contributed by atoms with van der Waals surface area (Å²) < 4.78 is 108. The fraction of sp³-hybridized carbons (Fsp3) is 0.163. The minimum Gasteiger partial charge on any atom is -0.468 e. The first-order valence-corrected chi connectivity index (χ1v) is 23.5. The molecule has 0 aliphatic rings. The molecule has 0 aliphatic carbocycles. The van der Waals surface area contributed by atoms with Crippen molar-refractivity contribution < 1.29 is 49.0 Å². The van der Waals surface area contributed by atoms with Gasteiger partial charge in [-0.2, -0.15) is 26.3 Å². The van der Waals surface area contributed by atoms with E-state index in [0.29, 0.717) is 58.9 Å². The van der Waals surface area contributed by atoms with Gasteiger partial charge in [0.15, 0.2) is 25.1 Å². The van der Waals surface area contributed by atoms with Gasteiger partial charge in [0, 0.05) is 96.6 Å². The summed E-state index contributed by atoms with van der Waals surface area (Å²) in [5, 5.41) is 2.70. The lowest BCUT2D eigenvalue weighted by molar-refractivity contribution is -0.154. The third-order valence-corrected chi connectivity index (χ3v) is 12.3. The lowest BCUT2D eigenvalue weighted by atomic mass is 10.1. The molecule has 0 atom stereocenters. The minimum absolute atomic E-state index is 0.0441. The van der Waals surface area contributed by atoms with Crippen LogP contribution in [-0.2, 0) is 35.7 Å². The molecule has 0 unspecified atom stereocenters. The first kappa shape index (κ1) is 52.2. The van der Waals surface area contributed by atoms with Gasteiger partial charge in [0.1, 0.15) is 11.5 Å². The van der Waals surface area contributed by atoms with Crippen LogP contribution in [-0.4, -0.2) is 79.1 Å². The predicted molar refractivity (Wildman–Crippen MR) is 258 cm³/mol. The van der Waals surface area contributed by atoms with Gasteiger partial charge in [0.2, 0.25) is 11.8 Å². The van der Waals surface area contributed by atoms with Crippen LogP contribution in [0.3, 0.4) is 0 Å². The number of anilines is 1. The molecule has 372 valence electrons. The summed E-state index contributed by atoms with van der Waals surface area (Å²) in [7, 11) is -3.78. The molecule has 0 amide bonds. The molecule has 0 saturated carbocycles. The monoisotopic (exact) mass is 1050 g/mol. The van der Waals surface area contributed by atoms with Crippen molar-refractivity contribution in [2.24, 2.45) is 0 Å². The Labute approximate surface area is 416 Å². The van der Waals surface area contributed by atoms with Gasteiger partial charge in [-0.3, -0.25) is 9.78 Å². The highest BCUT2D eigenvalue weighted by atomic mass is 35.5. The minimum atomic E-state index is -4.38. The first-order valence-electron chi connectivity index (χ1n) is 21.3. The first-order chi connectivity index (χ1) is 34.3. The number of nitrogens with zero attached hydrogens (tertiary/aromatic N) is 7. The topological polar surface area (TPSA) is 194 Å². The standard InChI is InChI=1S/C22H18ClF3N4O.C19H15ClN4O2S.C8H6F3NO2/c23-17-8-19-16(11-29-21(19)30-12-17)7-15-2-5-18(27-10-15)4-1-14-3-6-20(28-9-14)31-13-22(24,25)26;20-15-9-17-14(8-13-6-7-18(21)22-10-13)12-24(19(17)23-11-15)27(25,26)16-4-2-1-3-5-16;9-8(10,11)5-14-7-2-1-6(4-13)3-12-7/h2-3,5-6,8-12H,1,4,7,13H2,(H,29,30);1-7,9-12H,8H2,(H2,21,22);1-4H,5H2. The highest BCUT2D eigenvalue weighted by Crippen LogP contribution is 2.29. The van der Waals surface area contributed by atoms with Crippen molar-refractivity contribution >= 4 is 67.4 Å². The molecule has 1 aromatic carbocycles. The lowest BCUT2D eigenvalue weighted by Gasteiger charge is -2.08. The average Bonchev–Trinajstić information content (AvgIpc) is 3.94. The van der Waals surface area contributed by atoms with Gasteiger partial charge < -0.3 is 20.2 Å². The van der Waals surface area contributed by atoms with Crippen LogP contribution < -0.4 is 15.2 Å². The van der Waals surface area contributed by atoms with Crippen molar-refractivity contribution in [3.8, 4) is 11.8 Å². The molecule has 9 aromatic rings. The third kappa shape index (κ3) is 14.7. The van der Waals surface area contributed by atoms with E-state index in [4.69, 9.17) is 28.9 Å². The number of nitrogens with one attached hydrogen (secondary N) is 1. The number of H-pyrrole nitrogens is 1. The SMILES string of the molecule is FC(F)(F)COc1ccc(CCc2ccc(Cc3c[nH]c4ncc(Cl)cc34)cn2)cn1.Nc1ccc(Cc2cn(S(=O)(=O)c3ccccc3)c3ncc(Cl)cc23)cn1.O=Cc1ccc(OCC(F)(F)F)nc1.